The van der Waals surface area contributed by atoms with Crippen LogP contribution in [-0.4, -0.2) is 87.4 Å². The van der Waals surface area contributed by atoms with Gasteiger partial charge in [-0.25, -0.2) is 4.79 Å². The molecule has 0 saturated heterocycles. The molecule has 9 nitrogen and oxygen atoms in total. The second-order valence-corrected chi connectivity index (χ2v) is 19.9. The van der Waals surface area contributed by atoms with Gasteiger partial charge in [-0.3, -0.25) is 9.59 Å². The van der Waals surface area contributed by atoms with Gasteiger partial charge in [0.05, 0.1) is 34.4 Å². The fourth-order valence-electron chi connectivity index (χ4n) is 7.28. The summed E-state index contributed by atoms with van der Waals surface area (Å²) in [6, 6.07) is 0. The SMILES string of the molecule is CC/C=C\C/C=C\C/C=C\C/C=C\C/C=C\C/C=C\C/C=C\C/C=C\C/C=C\CCCCCCCCCCCC(=O)OC(COC(=O)CCCCCCC/C=C\CCCC)COC(OCC[N+](C)(C)C)C(=O)O. The Kier molecular flexibility index (Phi) is 50.8. The van der Waals surface area contributed by atoms with E-state index in [1.165, 1.54) is 44.9 Å². The highest BCUT2D eigenvalue weighted by molar-refractivity contribution is 5.71. The van der Waals surface area contributed by atoms with Gasteiger partial charge in [0.25, 0.3) is 6.29 Å². The Hall–Kier alpha value is -4.31. The number of esters is 2. The number of carboxylic acids is 1. The maximum Gasteiger partial charge on any atom is 0.361 e. The monoisotopic (exact) mass is 1020 g/mol. The van der Waals surface area contributed by atoms with Crippen LogP contribution < -0.4 is 0 Å². The largest absolute Gasteiger partial charge is 0.477 e. The molecule has 0 saturated carbocycles. The first kappa shape index (κ1) is 68.7. The number of unbranched alkanes of at least 4 members (excludes halogenated alkanes) is 16. The molecule has 0 amide bonds. The van der Waals surface area contributed by atoms with Gasteiger partial charge in [-0.05, 0) is 103 Å². The molecule has 1 N–H and O–H groups in total. The number of carbonyl (C=O) groups is 3. The van der Waals surface area contributed by atoms with Crippen LogP contribution in [0.3, 0.4) is 0 Å². The van der Waals surface area contributed by atoms with Gasteiger partial charge in [-0.2, -0.15) is 0 Å². The molecule has 0 fully saturated rings. The average molecular weight is 1020 g/mol. The number of rotatable bonds is 51. The van der Waals surface area contributed by atoms with E-state index in [0.29, 0.717) is 17.4 Å². The van der Waals surface area contributed by atoms with Crippen LogP contribution in [0.1, 0.15) is 206 Å². The molecule has 0 aliphatic rings. The van der Waals surface area contributed by atoms with Crippen LogP contribution in [0.2, 0.25) is 0 Å². The summed E-state index contributed by atoms with van der Waals surface area (Å²) in [4.78, 5) is 37.3. The minimum absolute atomic E-state index is 0.180. The van der Waals surface area contributed by atoms with Crippen molar-refractivity contribution in [1.29, 1.82) is 0 Å². The van der Waals surface area contributed by atoms with E-state index >= 15 is 0 Å². The molecule has 0 spiro atoms. The first-order chi connectivity index (χ1) is 35.6. The summed E-state index contributed by atoms with van der Waals surface area (Å²) in [6.07, 6.45) is 72.9. The number of hydrogen-bond acceptors (Lipinski definition) is 7. The summed E-state index contributed by atoms with van der Waals surface area (Å²) >= 11 is 0. The molecule has 0 aromatic heterocycles. The standard InChI is InChI=1S/C64H105NO8/c1-6-8-10-12-14-16-18-19-20-21-22-23-24-25-26-27-28-29-30-31-32-33-34-35-36-37-38-39-40-41-42-43-45-47-49-51-53-55-62(67)73-60(59-72-64(63(68)69)70-57-56-65(3,4)5)58-71-61(66)54-52-50-48-46-44-17-15-13-11-9-7-2/h8,10,13-16,19-20,22-23,25-26,28-29,31-32,34-35,37-38,60,64H,6-7,9,11-12,17-18,21,24,27,30,33,36,39-59H2,1-5H3/p+1/b10-8-,15-13-,16-14-,20-19-,23-22-,26-25-,29-28-,32-31-,35-34-,38-37-. The Labute approximate surface area is 447 Å². The van der Waals surface area contributed by atoms with Gasteiger partial charge >= 0.3 is 17.9 Å². The number of hydrogen-bond donors (Lipinski definition) is 1. The number of aliphatic carboxylic acids is 1. The molecular weight excluding hydrogens is 911 g/mol. The van der Waals surface area contributed by atoms with Crippen molar-refractivity contribution < 1.29 is 42.9 Å². The van der Waals surface area contributed by atoms with E-state index in [1.807, 2.05) is 21.1 Å². The lowest BCUT2D eigenvalue weighted by Gasteiger charge is -2.25. The minimum Gasteiger partial charge on any atom is -0.477 e. The predicted octanol–water partition coefficient (Wildman–Crippen LogP) is 16.9. The molecule has 2 unspecified atom stereocenters. The van der Waals surface area contributed by atoms with Crippen LogP contribution in [0, 0.1) is 0 Å². The van der Waals surface area contributed by atoms with E-state index in [-0.39, 0.29) is 38.6 Å². The van der Waals surface area contributed by atoms with Crippen LogP contribution in [0.25, 0.3) is 0 Å². The van der Waals surface area contributed by atoms with Gasteiger partial charge in [0, 0.05) is 12.8 Å². The third-order valence-electron chi connectivity index (χ3n) is 11.7. The lowest BCUT2D eigenvalue weighted by Crippen LogP contribution is -2.40. The Balaban J connectivity index is 4.16. The zero-order valence-electron chi connectivity index (χ0n) is 47.0. The third kappa shape index (κ3) is 55.3. The molecular formula is C64H106NO8+. The van der Waals surface area contributed by atoms with Crippen molar-refractivity contribution in [2.24, 2.45) is 0 Å². The van der Waals surface area contributed by atoms with E-state index in [0.717, 1.165) is 128 Å². The fraction of sp³-hybridized carbons (Fsp3) is 0.641. The number of nitrogens with zero attached hydrogens (tertiary/aromatic N) is 1. The van der Waals surface area contributed by atoms with Crippen molar-refractivity contribution >= 4 is 17.9 Å². The van der Waals surface area contributed by atoms with Crippen LogP contribution in [0.15, 0.2) is 122 Å². The van der Waals surface area contributed by atoms with Gasteiger partial charge in [0.2, 0.25) is 0 Å². The number of carboxylic acid groups (broad SMARTS) is 1. The first-order valence-electron chi connectivity index (χ1n) is 28.7. The summed E-state index contributed by atoms with van der Waals surface area (Å²) in [5.41, 5.74) is 0. The van der Waals surface area contributed by atoms with Gasteiger partial charge in [0.15, 0.2) is 6.10 Å². The Morgan fingerprint density at radius 2 is 0.781 bits per heavy atom. The summed E-state index contributed by atoms with van der Waals surface area (Å²) in [5, 5.41) is 9.67. The van der Waals surface area contributed by atoms with Gasteiger partial charge in [-0.15, -0.1) is 0 Å². The van der Waals surface area contributed by atoms with Crippen molar-refractivity contribution in [3.8, 4) is 0 Å². The second-order valence-electron chi connectivity index (χ2n) is 19.9. The molecule has 73 heavy (non-hydrogen) atoms. The zero-order chi connectivity index (χ0) is 53.4. The van der Waals surface area contributed by atoms with E-state index in [4.69, 9.17) is 18.9 Å². The van der Waals surface area contributed by atoms with Gasteiger partial charge in [-0.1, -0.05) is 212 Å². The molecule has 0 rings (SSSR count). The molecule has 2 atom stereocenters. The van der Waals surface area contributed by atoms with E-state index in [1.54, 1.807) is 0 Å². The van der Waals surface area contributed by atoms with Crippen LogP contribution in [-0.2, 0) is 33.3 Å². The Bertz CT molecular complexity index is 1610. The summed E-state index contributed by atoms with van der Waals surface area (Å²) < 4.78 is 22.8. The first-order valence-corrected chi connectivity index (χ1v) is 28.7. The molecule has 9 heteroatoms. The highest BCUT2D eigenvalue weighted by Crippen LogP contribution is 2.14. The lowest BCUT2D eigenvalue weighted by molar-refractivity contribution is -0.870. The minimum atomic E-state index is -1.52. The van der Waals surface area contributed by atoms with Crippen molar-refractivity contribution in [1.82, 2.24) is 0 Å². The lowest BCUT2D eigenvalue weighted by atomic mass is 10.1. The number of allylic oxidation sites excluding steroid dienone is 20. The molecule has 0 radical (unpaired) electrons. The molecule has 0 aliphatic heterocycles. The van der Waals surface area contributed by atoms with E-state index < -0.39 is 24.3 Å². The smallest absolute Gasteiger partial charge is 0.361 e. The van der Waals surface area contributed by atoms with Crippen molar-refractivity contribution in [2.75, 3.05) is 47.5 Å². The number of likely N-dealkylation sites (N-methyl/N-ethyl adjacent to an activating group) is 1. The van der Waals surface area contributed by atoms with Crippen LogP contribution in [0.4, 0.5) is 0 Å². The van der Waals surface area contributed by atoms with Crippen LogP contribution in [0.5, 0.6) is 0 Å². The normalized spacial score (nSPS) is 13.7. The quantitative estimate of drug-likeness (QED) is 0.0211. The van der Waals surface area contributed by atoms with Gasteiger partial charge < -0.3 is 28.5 Å². The summed E-state index contributed by atoms with van der Waals surface area (Å²) in [5.74, 6) is -2.04. The molecule has 414 valence electrons. The van der Waals surface area contributed by atoms with Crippen molar-refractivity contribution in [2.45, 2.75) is 219 Å². The van der Waals surface area contributed by atoms with Crippen molar-refractivity contribution in [3.63, 3.8) is 0 Å². The summed E-state index contributed by atoms with van der Waals surface area (Å²) in [7, 11) is 5.95. The Morgan fingerprint density at radius 1 is 0.425 bits per heavy atom. The number of ether oxygens (including phenoxy) is 4. The molecule has 0 heterocycles. The topological polar surface area (TPSA) is 108 Å². The molecule has 0 aliphatic carbocycles. The number of carbonyl (C=O) groups excluding carboxylic acids is 2. The fourth-order valence-corrected chi connectivity index (χ4v) is 7.28. The van der Waals surface area contributed by atoms with E-state index in [9.17, 15) is 19.5 Å². The van der Waals surface area contributed by atoms with Gasteiger partial charge in [0.1, 0.15) is 13.2 Å². The van der Waals surface area contributed by atoms with Crippen LogP contribution >= 0.6 is 0 Å². The summed E-state index contributed by atoms with van der Waals surface area (Å²) in [6.45, 7) is 4.68. The maximum atomic E-state index is 12.8. The highest BCUT2D eigenvalue weighted by atomic mass is 16.7. The zero-order valence-corrected chi connectivity index (χ0v) is 47.0. The third-order valence-corrected chi connectivity index (χ3v) is 11.7. The predicted molar refractivity (Wildman–Crippen MR) is 308 cm³/mol. The number of quaternary nitrogens is 1. The molecule has 0 bridgehead atoms. The highest BCUT2D eigenvalue weighted by Gasteiger charge is 2.25. The van der Waals surface area contributed by atoms with Crippen molar-refractivity contribution in [3.05, 3.63) is 122 Å². The second kappa shape index (κ2) is 54.0. The maximum absolute atomic E-state index is 12.8. The average Bonchev–Trinajstić information content (AvgIpc) is 3.36. The Morgan fingerprint density at radius 3 is 1.18 bits per heavy atom. The molecule has 0 aromatic carbocycles. The molecule has 0 aromatic rings. The van der Waals surface area contributed by atoms with E-state index in [2.05, 4.69) is 135 Å².